The largest absolute Gasteiger partial charge is 0.506 e. The van der Waals surface area contributed by atoms with Crippen LogP contribution in [-0.4, -0.2) is 30.1 Å². The number of benzene rings is 3. The van der Waals surface area contributed by atoms with Crippen LogP contribution in [0.2, 0.25) is 0 Å². The molecule has 3 rings (SSSR count). The second-order valence-electron chi connectivity index (χ2n) is 5.84. The molecule has 0 aliphatic rings. The Morgan fingerprint density at radius 2 is 1.65 bits per heavy atom. The second-order valence-corrected chi connectivity index (χ2v) is 5.84. The Morgan fingerprint density at radius 3 is 2.46 bits per heavy atom. The molecule has 0 fully saturated rings. The lowest BCUT2D eigenvalue weighted by molar-refractivity contribution is -0.124. The smallest absolute Gasteiger partial charge is 0.342 e. The first-order valence-electron chi connectivity index (χ1n) is 8.33. The van der Waals surface area contributed by atoms with Crippen LogP contribution in [0.15, 0.2) is 66.7 Å². The molecular weight excluding hydrogens is 330 g/mol. The number of aromatic hydroxyl groups is 1. The summed E-state index contributed by atoms with van der Waals surface area (Å²) in [6.45, 7) is 0.0709. The van der Waals surface area contributed by atoms with E-state index in [1.54, 1.807) is 18.2 Å². The summed E-state index contributed by atoms with van der Waals surface area (Å²) in [7, 11) is 0. The molecule has 0 spiro atoms. The number of carbonyl (C=O) groups excluding carboxylic acids is 2. The zero-order valence-corrected chi connectivity index (χ0v) is 14.1. The van der Waals surface area contributed by atoms with Gasteiger partial charge in [0.2, 0.25) is 0 Å². The number of phenols is 1. The quantitative estimate of drug-likeness (QED) is 0.671. The molecule has 1 amide bonds. The van der Waals surface area contributed by atoms with Crippen LogP contribution in [0.1, 0.15) is 15.9 Å². The first-order chi connectivity index (χ1) is 12.6. The highest BCUT2D eigenvalue weighted by Gasteiger charge is 2.16. The fourth-order valence-corrected chi connectivity index (χ4v) is 2.67. The van der Waals surface area contributed by atoms with E-state index in [-0.39, 0.29) is 23.8 Å². The summed E-state index contributed by atoms with van der Waals surface area (Å²) in [5.41, 5.74) is 1.16. The molecule has 0 saturated carbocycles. The predicted molar refractivity (Wildman–Crippen MR) is 99.1 cm³/mol. The van der Waals surface area contributed by atoms with Gasteiger partial charge in [-0.2, -0.15) is 0 Å². The average molecular weight is 349 g/mol. The molecule has 5 nitrogen and oxygen atoms in total. The topological polar surface area (TPSA) is 75.6 Å². The van der Waals surface area contributed by atoms with E-state index in [1.165, 1.54) is 6.07 Å². The van der Waals surface area contributed by atoms with Crippen molar-refractivity contribution >= 4 is 22.6 Å². The molecule has 0 aliphatic carbocycles. The Kier molecular flexibility index (Phi) is 5.49. The van der Waals surface area contributed by atoms with Gasteiger partial charge in [-0.3, -0.25) is 4.79 Å². The normalized spacial score (nSPS) is 10.5. The maximum atomic E-state index is 12.1. The average Bonchev–Trinajstić information content (AvgIpc) is 2.67. The summed E-state index contributed by atoms with van der Waals surface area (Å²) in [4.78, 5) is 24.0. The molecule has 26 heavy (non-hydrogen) atoms. The Labute approximate surface area is 151 Å². The summed E-state index contributed by atoms with van der Waals surface area (Å²) in [6, 6.07) is 20.2. The summed E-state index contributed by atoms with van der Waals surface area (Å²) in [5, 5.41) is 14.3. The SMILES string of the molecule is O=C(COC(=O)c1ccc2ccccc2c1O)NCCc1ccccc1. The number of nitrogens with one attached hydrogen (secondary N) is 1. The maximum absolute atomic E-state index is 12.1. The van der Waals surface area contributed by atoms with Gasteiger partial charge in [-0.1, -0.05) is 60.7 Å². The van der Waals surface area contributed by atoms with Gasteiger partial charge in [0.05, 0.1) is 0 Å². The Morgan fingerprint density at radius 1 is 0.923 bits per heavy atom. The highest BCUT2D eigenvalue weighted by molar-refractivity contribution is 6.01. The molecule has 2 N–H and O–H groups in total. The van der Waals surface area contributed by atoms with E-state index in [9.17, 15) is 14.7 Å². The summed E-state index contributed by atoms with van der Waals surface area (Å²) >= 11 is 0. The van der Waals surface area contributed by atoms with Gasteiger partial charge >= 0.3 is 5.97 Å². The number of rotatable bonds is 6. The number of hydrogen-bond acceptors (Lipinski definition) is 4. The minimum Gasteiger partial charge on any atom is -0.506 e. The zero-order valence-electron chi connectivity index (χ0n) is 14.1. The predicted octanol–water partition coefficient (Wildman–Crippen LogP) is 3.06. The maximum Gasteiger partial charge on any atom is 0.342 e. The lowest BCUT2D eigenvalue weighted by Gasteiger charge is -2.09. The number of ether oxygens (including phenoxy) is 1. The van der Waals surface area contributed by atoms with Crippen molar-refractivity contribution < 1.29 is 19.4 Å². The first kappa shape index (κ1) is 17.5. The van der Waals surface area contributed by atoms with E-state index in [0.717, 1.165) is 10.9 Å². The van der Waals surface area contributed by atoms with Crippen LogP contribution in [0.3, 0.4) is 0 Å². The number of fused-ring (bicyclic) bond motifs is 1. The van der Waals surface area contributed by atoms with E-state index in [1.807, 2.05) is 42.5 Å². The lowest BCUT2D eigenvalue weighted by Crippen LogP contribution is -2.30. The van der Waals surface area contributed by atoms with Crippen LogP contribution in [0.5, 0.6) is 5.75 Å². The van der Waals surface area contributed by atoms with Gasteiger partial charge in [-0.05, 0) is 23.4 Å². The van der Waals surface area contributed by atoms with Gasteiger partial charge < -0.3 is 15.2 Å². The van der Waals surface area contributed by atoms with Crippen molar-refractivity contribution in [3.63, 3.8) is 0 Å². The van der Waals surface area contributed by atoms with Crippen LogP contribution in [0.4, 0.5) is 0 Å². The molecule has 0 atom stereocenters. The van der Waals surface area contributed by atoms with Crippen molar-refractivity contribution in [3.8, 4) is 5.75 Å². The Bertz CT molecular complexity index is 922. The zero-order chi connectivity index (χ0) is 18.4. The van der Waals surface area contributed by atoms with Crippen molar-refractivity contribution in [2.45, 2.75) is 6.42 Å². The highest BCUT2D eigenvalue weighted by Crippen LogP contribution is 2.28. The van der Waals surface area contributed by atoms with Crippen molar-refractivity contribution in [1.29, 1.82) is 0 Å². The van der Waals surface area contributed by atoms with E-state index in [2.05, 4.69) is 5.32 Å². The van der Waals surface area contributed by atoms with Crippen LogP contribution in [0.25, 0.3) is 10.8 Å². The molecule has 0 aromatic heterocycles. The minimum absolute atomic E-state index is 0.0424. The van der Waals surface area contributed by atoms with Crippen molar-refractivity contribution in [2.24, 2.45) is 0 Å². The molecule has 5 heteroatoms. The number of esters is 1. The minimum atomic E-state index is -0.730. The number of hydrogen-bond donors (Lipinski definition) is 2. The van der Waals surface area contributed by atoms with Crippen LogP contribution in [-0.2, 0) is 16.0 Å². The van der Waals surface area contributed by atoms with E-state index >= 15 is 0 Å². The summed E-state index contributed by atoms with van der Waals surface area (Å²) in [6.07, 6.45) is 0.700. The summed E-state index contributed by atoms with van der Waals surface area (Å²) in [5.74, 6) is -1.25. The Balaban J connectivity index is 1.52. The first-order valence-corrected chi connectivity index (χ1v) is 8.33. The third-order valence-electron chi connectivity index (χ3n) is 4.03. The van der Waals surface area contributed by atoms with Crippen LogP contribution in [0, 0.1) is 0 Å². The van der Waals surface area contributed by atoms with Gasteiger partial charge in [-0.25, -0.2) is 4.79 Å². The highest BCUT2D eigenvalue weighted by atomic mass is 16.5. The lowest BCUT2D eigenvalue weighted by atomic mass is 10.1. The third-order valence-corrected chi connectivity index (χ3v) is 4.03. The van der Waals surface area contributed by atoms with Gasteiger partial charge in [0.1, 0.15) is 11.3 Å². The molecule has 3 aromatic carbocycles. The van der Waals surface area contributed by atoms with Crippen molar-refractivity contribution in [1.82, 2.24) is 5.32 Å². The molecule has 3 aromatic rings. The van der Waals surface area contributed by atoms with Crippen molar-refractivity contribution in [3.05, 3.63) is 77.9 Å². The van der Waals surface area contributed by atoms with Gasteiger partial charge in [0.25, 0.3) is 5.91 Å². The molecule has 0 bridgehead atoms. The number of carbonyl (C=O) groups is 2. The van der Waals surface area contributed by atoms with Gasteiger partial charge in [0, 0.05) is 11.9 Å². The molecular formula is C21H19NO4. The van der Waals surface area contributed by atoms with E-state index in [0.29, 0.717) is 18.4 Å². The fourth-order valence-electron chi connectivity index (χ4n) is 2.67. The Hall–Kier alpha value is -3.34. The van der Waals surface area contributed by atoms with E-state index < -0.39 is 5.97 Å². The van der Waals surface area contributed by atoms with Gasteiger partial charge in [0.15, 0.2) is 6.61 Å². The number of phenolic OH excluding ortho intramolecular Hbond substituents is 1. The van der Waals surface area contributed by atoms with Crippen LogP contribution >= 0.6 is 0 Å². The standard InChI is InChI=1S/C21H19NO4/c23-19(22-13-12-15-6-2-1-3-7-15)14-26-21(25)18-11-10-16-8-4-5-9-17(16)20(18)24/h1-11,24H,12-14H2,(H,22,23). The van der Waals surface area contributed by atoms with Crippen molar-refractivity contribution in [2.75, 3.05) is 13.2 Å². The molecule has 0 heterocycles. The molecule has 0 radical (unpaired) electrons. The van der Waals surface area contributed by atoms with Crippen LogP contribution < -0.4 is 5.32 Å². The fraction of sp³-hybridized carbons (Fsp3) is 0.143. The number of amides is 1. The van der Waals surface area contributed by atoms with Gasteiger partial charge in [-0.15, -0.1) is 0 Å². The third kappa shape index (κ3) is 4.19. The molecule has 132 valence electrons. The summed E-state index contributed by atoms with van der Waals surface area (Å²) < 4.78 is 5.01. The molecule has 0 unspecified atom stereocenters. The molecule has 0 saturated heterocycles. The molecule has 0 aliphatic heterocycles. The monoisotopic (exact) mass is 349 g/mol. The second kappa shape index (κ2) is 8.16. The van der Waals surface area contributed by atoms with E-state index in [4.69, 9.17) is 4.74 Å².